The third-order valence-electron chi connectivity index (χ3n) is 3.83. The first-order chi connectivity index (χ1) is 9.15. The molecule has 20 heavy (non-hydrogen) atoms. The molecule has 0 aliphatic carbocycles. The summed E-state index contributed by atoms with van der Waals surface area (Å²) < 4.78 is 13.5. The summed E-state index contributed by atoms with van der Waals surface area (Å²) >= 11 is 0. The van der Waals surface area contributed by atoms with Crippen LogP contribution >= 0.6 is 0 Å². The molecule has 1 rings (SSSR count). The van der Waals surface area contributed by atoms with Crippen molar-refractivity contribution in [3.63, 3.8) is 0 Å². The molecule has 1 nitrogen and oxygen atoms in total. The van der Waals surface area contributed by atoms with Crippen LogP contribution in [0.15, 0.2) is 18.2 Å². The molecule has 0 aliphatic rings. The van der Waals surface area contributed by atoms with Gasteiger partial charge in [-0.15, -0.1) is 0 Å². The SMILES string of the molecule is CCCC(C)(CNC(C)(C)C)Cc1cc(F)ccc1C. The highest BCUT2D eigenvalue weighted by Gasteiger charge is 2.26. The third-order valence-corrected chi connectivity index (χ3v) is 3.83. The van der Waals surface area contributed by atoms with Crippen molar-refractivity contribution in [1.82, 2.24) is 5.32 Å². The lowest BCUT2D eigenvalue weighted by molar-refractivity contribution is 0.243. The van der Waals surface area contributed by atoms with Gasteiger partial charge in [-0.05, 0) is 69.2 Å². The number of aryl methyl sites for hydroxylation is 1. The molecule has 0 aliphatic heterocycles. The minimum Gasteiger partial charge on any atom is -0.312 e. The van der Waals surface area contributed by atoms with Crippen LogP contribution in [-0.4, -0.2) is 12.1 Å². The van der Waals surface area contributed by atoms with Gasteiger partial charge in [0.15, 0.2) is 0 Å². The van der Waals surface area contributed by atoms with Crippen molar-refractivity contribution in [2.75, 3.05) is 6.54 Å². The fourth-order valence-electron chi connectivity index (χ4n) is 2.61. The lowest BCUT2D eigenvalue weighted by Crippen LogP contribution is -2.43. The number of hydrogen-bond acceptors (Lipinski definition) is 1. The maximum absolute atomic E-state index is 13.5. The van der Waals surface area contributed by atoms with Crippen molar-refractivity contribution >= 4 is 0 Å². The molecular formula is C18H30FN. The highest BCUT2D eigenvalue weighted by molar-refractivity contribution is 5.27. The summed E-state index contributed by atoms with van der Waals surface area (Å²) in [6.07, 6.45) is 3.22. The molecular weight excluding hydrogens is 249 g/mol. The average Bonchev–Trinajstić information content (AvgIpc) is 2.31. The van der Waals surface area contributed by atoms with Crippen LogP contribution in [0.5, 0.6) is 0 Å². The van der Waals surface area contributed by atoms with E-state index in [1.807, 2.05) is 6.07 Å². The van der Waals surface area contributed by atoms with Crippen molar-refractivity contribution in [3.05, 3.63) is 35.1 Å². The molecule has 0 bridgehead atoms. The van der Waals surface area contributed by atoms with Gasteiger partial charge in [0.25, 0.3) is 0 Å². The van der Waals surface area contributed by atoms with Crippen molar-refractivity contribution in [2.24, 2.45) is 5.41 Å². The minimum absolute atomic E-state index is 0.117. The minimum atomic E-state index is -0.131. The Labute approximate surface area is 124 Å². The summed E-state index contributed by atoms with van der Waals surface area (Å²) in [4.78, 5) is 0. The van der Waals surface area contributed by atoms with Gasteiger partial charge in [0.1, 0.15) is 5.82 Å². The molecule has 0 heterocycles. The number of rotatable bonds is 6. The Morgan fingerprint density at radius 3 is 2.35 bits per heavy atom. The van der Waals surface area contributed by atoms with Gasteiger partial charge in [-0.3, -0.25) is 0 Å². The molecule has 1 aromatic carbocycles. The van der Waals surface area contributed by atoms with E-state index in [1.165, 1.54) is 5.56 Å². The number of benzene rings is 1. The molecule has 1 aromatic rings. The van der Waals surface area contributed by atoms with Crippen LogP contribution in [0.1, 0.15) is 58.6 Å². The van der Waals surface area contributed by atoms with Gasteiger partial charge in [-0.1, -0.05) is 26.3 Å². The van der Waals surface area contributed by atoms with Crippen LogP contribution in [0.4, 0.5) is 4.39 Å². The fourth-order valence-corrected chi connectivity index (χ4v) is 2.61. The van der Waals surface area contributed by atoms with Gasteiger partial charge in [-0.2, -0.15) is 0 Å². The molecule has 114 valence electrons. The van der Waals surface area contributed by atoms with Crippen LogP contribution in [0.3, 0.4) is 0 Å². The summed E-state index contributed by atoms with van der Waals surface area (Å²) in [5.41, 5.74) is 2.60. The van der Waals surface area contributed by atoms with E-state index in [4.69, 9.17) is 0 Å². The normalized spacial score (nSPS) is 15.2. The van der Waals surface area contributed by atoms with Gasteiger partial charge < -0.3 is 5.32 Å². The molecule has 0 aromatic heterocycles. The topological polar surface area (TPSA) is 12.0 Å². The third kappa shape index (κ3) is 5.62. The summed E-state index contributed by atoms with van der Waals surface area (Å²) in [7, 11) is 0. The van der Waals surface area contributed by atoms with E-state index in [-0.39, 0.29) is 16.8 Å². The van der Waals surface area contributed by atoms with E-state index < -0.39 is 0 Å². The maximum Gasteiger partial charge on any atom is 0.123 e. The van der Waals surface area contributed by atoms with Crippen molar-refractivity contribution in [3.8, 4) is 0 Å². The second kappa shape index (κ2) is 6.71. The van der Waals surface area contributed by atoms with E-state index in [9.17, 15) is 4.39 Å². The lowest BCUT2D eigenvalue weighted by Gasteiger charge is -2.34. The fraction of sp³-hybridized carbons (Fsp3) is 0.667. The quantitative estimate of drug-likeness (QED) is 0.783. The van der Waals surface area contributed by atoms with Gasteiger partial charge in [0.05, 0.1) is 0 Å². The molecule has 1 N–H and O–H groups in total. The number of halogens is 1. The van der Waals surface area contributed by atoms with Crippen LogP contribution in [0.25, 0.3) is 0 Å². The zero-order chi connectivity index (χ0) is 15.4. The van der Waals surface area contributed by atoms with Crippen LogP contribution in [-0.2, 0) is 6.42 Å². The zero-order valence-corrected chi connectivity index (χ0v) is 13.9. The van der Waals surface area contributed by atoms with Crippen LogP contribution in [0.2, 0.25) is 0 Å². The van der Waals surface area contributed by atoms with Crippen molar-refractivity contribution in [2.45, 2.75) is 66.3 Å². The van der Waals surface area contributed by atoms with E-state index >= 15 is 0 Å². The van der Waals surface area contributed by atoms with E-state index in [1.54, 1.807) is 12.1 Å². The molecule has 0 saturated heterocycles. The highest BCUT2D eigenvalue weighted by Crippen LogP contribution is 2.30. The summed E-state index contributed by atoms with van der Waals surface area (Å²) in [6.45, 7) is 14.1. The first-order valence-electron chi connectivity index (χ1n) is 7.65. The summed E-state index contributed by atoms with van der Waals surface area (Å²) in [5, 5.41) is 3.61. The smallest absolute Gasteiger partial charge is 0.123 e. The lowest BCUT2D eigenvalue weighted by atomic mass is 9.78. The summed E-state index contributed by atoms with van der Waals surface area (Å²) in [6, 6.07) is 5.12. The standard InChI is InChI=1S/C18H30FN/c1-7-10-18(6,13-20-17(3,4)5)12-15-11-16(19)9-8-14(15)2/h8-9,11,20H,7,10,12-13H2,1-6H3. The molecule has 0 saturated carbocycles. The highest BCUT2D eigenvalue weighted by atomic mass is 19.1. The Morgan fingerprint density at radius 1 is 1.15 bits per heavy atom. The molecule has 0 radical (unpaired) electrons. The Hall–Kier alpha value is -0.890. The molecule has 0 fully saturated rings. The maximum atomic E-state index is 13.5. The molecule has 1 unspecified atom stereocenters. The van der Waals surface area contributed by atoms with Gasteiger partial charge in [-0.25, -0.2) is 4.39 Å². The molecule has 1 atom stereocenters. The van der Waals surface area contributed by atoms with Gasteiger partial charge >= 0.3 is 0 Å². The molecule has 2 heteroatoms. The van der Waals surface area contributed by atoms with Crippen LogP contribution < -0.4 is 5.32 Å². The van der Waals surface area contributed by atoms with Crippen LogP contribution in [0, 0.1) is 18.2 Å². The Morgan fingerprint density at radius 2 is 1.80 bits per heavy atom. The average molecular weight is 279 g/mol. The predicted molar refractivity (Wildman–Crippen MR) is 85.6 cm³/mol. The second-order valence-electron chi connectivity index (χ2n) is 7.41. The molecule has 0 spiro atoms. The van der Waals surface area contributed by atoms with Gasteiger partial charge in [0, 0.05) is 12.1 Å². The number of hydrogen-bond donors (Lipinski definition) is 1. The van der Waals surface area contributed by atoms with Crippen molar-refractivity contribution in [1.29, 1.82) is 0 Å². The number of nitrogens with one attached hydrogen (secondary N) is 1. The largest absolute Gasteiger partial charge is 0.312 e. The zero-order valence-electron chi connectivity index (χ0n) is 13.9. The molecule has 0 amide bonds. The second-order valence-corrected chi connectivity index (χ2v) is 7.41. The van der Waals surface area contributed by atoms with E-state index in [0.717, 1.165) is 31.4 Å². The van der Waals surface area contributed by atoms with E-state index in [0.29, 0.717) is 0 Å². The van der Waals surface area contributed by atoms with E-state index in [2.05, 4.69) is 46.9 Å². The first kappa shape index (κ1) is 17.2. The summed E-state index contributed by atoms with van der Waals surface area (Å²) in [5.74, 6) is -0.131. The van der Waals surface area contributed by atoms with Crippen molar-refractivity contribution < 1.29 is 4.39 Å². The van der Waals surface area contributed by atoms with Gasteiger partial charge in [0.2, 0.25) is 0 Å². The Balaban J connectivity index is 2.87. The Bertz CT molecular complexity index is 434. The predicted octanol–water partition coefficient (Wildman–Crippen LogP) is 4.87. The first-order valence-corrected chi connectivity index (χ1v) is 7.65. The Kier molecular flexibility index (Phi) is 5.76. The monoisotopic (exact) mass is 279 g/mol.